The fourth-order valence-electron chi connectivity index (χ4n) is 3.67. The third-order valence-corrected chi connectivity index (χ3v) is 5.45. The molecule has 5 N–H and O–H groups in total. The molecular formula is C25H38N4O6. The number of phenols is 1. The van der Waals surface area contributed by atoms with Crippen LogP contribution in [0.1, 0.15) is 77.8 Å². The molecule has 194 valence electrons. The molecule has 0 aliphatic heterocycles. The number of amides is 4. The summed E-state index contributed by atoms with van der Waals surface area (Å²) >= 11 is 0. The summed E-state index contributed by atoms with van der Waals surface area (Å²) in [5.41, 5.74) is 4.79. The van der Waals surface area contributed by atoms with Crippen molar-refractivity contribution in [1.82, 2.24) is 15.5 Å². The van der Waals surface area contributed by atoms with Crippen LogP contribution in [0.3, 0.4) is 0 Å². The molecule has 1 aliphatic carbocycles. The highest BCUT2D eigenvalue weighted by molar-refractivity contribution is 5.93. The van der Waals surface area contributed by atoms with Crippen LogP contribution in [-0.4, -0.2) is 58.1 Å². The molecule has 0 radical (unpaired) electrons. The molecule has 1 aromatic rings. The van der Waals surface area contributed by atoms with Crippen LogP contribution in [0.15, 0.2) is 24.3 Å². The molecule has 4 amide bonds. The van der Waals surface area contributed by atoms with Crippen LogP contribution in [0.4, 0.5) is 4.79 Å². The number of primary amides is 1. The Morgan fingerprint density at radius 3 is 2.40 bits per heavy atom. The topological polar surface area (TPSA) is 151 Å². The summed E-state index contributed by atoms with van der Waals surface area (Å²) in [6.07, 6.45) is 1.97. The summed E-state index contributed by atoms with van der Waals surface area (Å²) in [5.74, 6) is -1.71. The van der Waals surface area contributed by atoms with E-state index in [-0.39, 0.29) is 30.2 Å². The Morgan fingerprint density at radius 1 is 1.20 bits per heavy atom. The molecule has 0 aromatic heterocycles. The molecular weight excluding hydrogens is 452 g/mol. The monoisotopic (exact) mass is 490 g/mol. The van der Waals surface area contributed by atoms with Gasteiger partial charge in [0.25, 0.3) is 0 Å². The number of nitrogens with zero attached hydrogens (tertiary/aromatic N) is 1. The van der Waals surface area contributed by atoms with E-state index >= 15 is 0 Å². The Morgan fingerprint density at radius 2 is 1.86 bits per heavy atom. The largest absolute Gasteiger partial charge is 0.508 e. The third-order valence-electron chi connectivity index (χ3n) is 5.45. The van der Waals surface area contributed by atoms with Crippen molar-refractivity contribution in [3.05, 3.63) is 29.8 Å². The number of rotatable bonds is 12. The van der Waals surface area contributed by atoms with Crippen LogP contribution in [0, 0.1) is 0 Å². The van der Waals surface area contributed by atoms with Crippen molar-refractivity contribution < 1.29 is 29.0 Å². The number of hydrogen-bond acceptors (Lipinski definition) is 6. The van der Waals surface area contributed by atoms with Crippen LogP contribution in [-0.2, 0) is 19.1 Å². The standard InChI is InChI=1S/C25H38N4O6/c1-5-6-15-27-22(32)21(17-9-7-8-10-19(17)30)29(16-11-12-16)23(33)18(13-14-20(26)31)28-24(34)35-25(2,3)4/h7-10,16,18,21,30H,5-6,11-15H2,1-4H3,(H2,26,31)(H,27,32)(H,28,34). The predicted molar refractivity (Wildman–Crippen MR) is 130 cm³/mol. The second-order valence-electron chi connectivity index (χ2n) is 9.79. The molecule has 2 rings (SSSR count). The van der Waals surface area contributed by atoms with E-state index in [2.05, 4.69) is 10.6 Å². The molecule has 1 fully saturated rings. The lowest BCUT2D eigenvalue weighted by molar-refractivity contribution is -0.143. The van der Waals surface area contributed by atoms with Gasteiger partial charge in [-0.3, -0.25) is 14.4 Å². The second kappa shape index (κ2) is 12.4. The summed E-state index contributed by atoms with van der Waals surface area (Å²) in [6.45, 7) is 7.50. The maximum Gasteiger partial charge on any atom is 0.408 e. The van der Waals surface area contributed by atoms with E-state index in [0.717, 1.165) is 12.8 Å². The van der Waals surface area contributed by atoms with E-state index in [4.69, 9.17) is 10.5 Å². The lowest BCUT2D eigenvalue weighted by Gasteiger charge is -2.35. The number of nitrogens with one attached hydrogen (secondary N) is 2. The van der Waals surface area contributed by atoms with Gasteiger partial charge in [-0.05, 0) is 52.5 Å². The average Bonchev–Trinajstić information content (AvgIpc) is 3.59. The summed E-state index contributed by atoms with van der Waals surface area (Å²) in [7, 11) is 0. The Kier molecular flexibility index (Phi) is 9.91. The van der Waals surface area contributed by atoms with E-state index in [1.165, 1.54) is 11.0 Å². The first-order chi connectivity index (χ1) is 16.4. The number of aromatic hydroxyl groups is 1. The number of carbonyl (C=O) groups excluding carboxylic acids is 4. The number of hydrogen-bond donors (Lipinski definition) is 4. The van der Waals surface area contributed by atoms with Crippen molar-refractivity contribution in [2.45, 2.75) is 89.9 Å². The van der Waals surface area contributed by atoms with Crippen LogP contribution >= 0.6 is 0 Å². The average molecular weight is 491 g/mol. The fraction of sp³-hybridized carbons (Fsp3) is 0.600. The highest BCUT2D eigenvalue weighted by Gasteiger charge is 2.44. The Bertz CT molecular complexity index is 909. The first-order valence-corrected chi connectivity index (χ1v) is 12.1. The Balaban J connectivity index is 2.42. The summed E-state index contributed by atoms with van der Waals surface area (Å²) < 4.78 is 5.30. The van der Waals surface area contributed by atoms with Crippen LogP contribution in [0.2, 0.25) is 0 Å². The van der Waals surface area contributed by atoms with Gasteiger partial charge in [0.15, 0.2) is 0 Å². The van der Waals surface area contributed by atoms with Gasteiger partial charge in [0.2, 0.25) is 17.7 Å². The molecule has 1 saturated carbocycles. The smallest absolute Gasteiger partial charge is 0.408 e. The van der Waals surface area contributed by atoms with Crippen LogP contribution in [0.5, 0.6) is 5.75 Å². The van der Waals surface area contributed by atoms with Crippen molar-refractivity contribution >= 4 is 23.8 Å². The Hall–Kier alpha value is -3.30. The number of carbonyl (C=O) groups is 4. The molecule has 0 saturated heterocycles. The minimum absolute atomic E-state index is 0.0540. The van der Waals surface area contributed by atoms with E-state index in [1.54, 1.807) is 39.0 Å². The predicted octanol–water partition coefficient (Wildman–Crippen LogP) is 2.50. The molecule has 0 spiro atoms. The number of benzene rings is 1. The lowest BCUT2D eigenvalue weighted by Crippen LogP contribution is -2.54. The van der Waals surface area contributed by atoms with Crippen molar-refractivity contribution in [2.75, 3.05) is 6.54 Å². The molecule has 10 nitrogen and oxygen atoms in total. The lowest BCUT2D eigenvalue weighted by atomic mass is 10.00. The molecule has 1 aromatic carbocycles. The number of unbranched alkanes of at least 4 members (excludes halogenated alkanes) is 1. The zero-order valence-electron chi connectivity index (χ0n) is 21.0. The third kappa shape index (κ3) is 8.77. The molecule has 2 atom stereocenters. The van der Waals surface area contributed by atoms with Gasteiger partial charge >= 0.3 is 6.09 Å². The van der Waals surface area contributed by atoms with E-state index in [1.807, 2.05) is 6.92 Å². The number of ether oxygens (including phenoxy) is 1. The minimum Gasteiger partial charge on any atom is -0.508 e. The van der Waals surface area contributed by atoms with Crippen molar-refractivity contribution in [3.8, 4) is 5.75 Å². The molecule has 10 heteroatoms. The maximum atomic E-state index is 13.8. The number of phenolic OH excluding ortho intramolecular Hbond substituents is 1. The number of alkyl carbamates (subject to hydrolysis) is 1. The summed E-state index contributed by atoms with van der Waals surface area (Å²) in [5, 5.41) is 16.0. The summed E-state index contributed by atoms with van der Waals surface area (Å²) in [4.78, 5) is 52.6. The molecule has 35 heavy (non-hydrogen) atoms. The van der Waals surface area contributed by atoms with Gasteiger partial charge in [-0.25, -0.2) is 4.79 Å². The zero-order valence-corrected chi connectivity index (χ0v) is 21.0. The molecule has 0 bridgehead atoms. The molecule has 0 heterocycles. The van der Waals surface area contributed by atoms with E-state index < -0.39 is 41.5 Å². The van der Waals surface area contributed by atoms with E-state index in [9.17, 15) is 24.3 Å². The maximum absolute atomic E-state index is 13.8. The second-order valence-corrected chi connectivity index (χ2v) is 9.79. The van der Waals surface area contributed by atoms with Gasteiger partial charge in [-0.1, -0.05) is 31.5 Å². The first kappa shape index (κ1) is 27.9. The highest BCUT2D eigenvalue weighted by atomic mass is 16.6. The van der Waals surface area contributed by atoms with Crippen LogP contribution in [0.25, 0.3) is 0 Å². The Labute approximate surface area is 206 Å². The SMILES string of the molecule is CCCCNC(=O)C(c1ccccc1O)N(C(=O)C(CCC(N)=O)NC(=O)OC(C)(C)C)C1CC1. The minimum atomic E-state index is -1.14. The zero-order chi connectivity index (χ0) is 26.2. The van der Waals surface area contributed by atoms with E-state index in [0.29, 0.717) is 19.4 Å². The number of nitrogens with two attached hydrogens (primary N) is 1. The van der Waals surface area contributed by atoms with Gasteiger partial charge < -0.3 is 31.1 Å². The summed E-state index contributed by atoms with van der Waals surface area (Å²) in [6, 6.07) is 3.87. The van der Waals surface area contributed by atoms with Crippen LogP contribution < -0.4 is 16.4 Å². The normalized spacial score (nSPS) is 15.0. The van der Waals surface area contributed by atoms with Crippen molar-refractivity contribution in [1.29, 1.82) is 0 Å². The van der Waals surface area contributed by atoms with Gasteiger partial charge in [0.05, 0.1) is 0 Å². The quantitative estimate of drug-likeness (QED) is 0.331. The number of para-hydroxylation sites is 1. The highest BCUT2D eigenvalue weighted by Crippen LogP contribution is 2.38. The van der Waals surface area contributed by atoms with Gasteiger partial charge in [-0.15, -0.1) is 0 Å². The van der Waals surface area contributed by atoms with Gasteiger partial charge in [0, 0.05) is 24.6 Å². The van der Waals surface area contributed by atoms with Gasteiger partial charge in [-0.2, -0.15) is 0 Å². The molecule has 2 unspecified atom stereocenters. The molecule has 1 aliphatic rings. The fourth-order valence-corrected chi connectivity index (χ4v) is 3.67. The van der Waals surface area contributed by atoms with Gasteiger partial charge in [0.1, 0.15) is 23.4 Å². The van der Waals surface area contributed by atoms with Crippen molar-refractivity contribution in [3.63, 3.8) is 0 Å². The van der Waals surface area contributed by atoms with Crippen molar-refractivity contribution in [2.24, 2.45) is 5.73 Å². The first-order valence-electron chi connectivity index (χ1n) is 12.1.